The van der Waals surface area contributed by atoms with Crippen molar-refractivity contribution in [2.75, 3.05) is 13.1 Å². The van der Waals surface area contributed by atoms with E-state index in [4.69, 9.17) is 5.73 Å². The van der Waals surface area contributed by atoms with Gasteiger partial charge in [-0.2, -0.15) is 0 Å². The molecule has 0 bridgehead atoms. The van der Waals surface area contributed by atoms with Gasteiger partial charge in [-0.05, 0) is 43.5 Å². The second-order valence-corrected chi connectivity index (χ2v) is 4.44. The quantitative estimate of drug-likeness (QED) is 0.791. The molecule has 3 heteroatoms. The van der Waals surface area contributed by atoms with Gasteiger partial charge in [0.2, 0.25) is 0 Å². The van der Waals surface area contributed by atoms with Crippen LogP contribution in [0.15, 0.2) is 18.5 Å². The van der Waals surface area contributed by atoms with Gasteiger partial charge in [0.25, 0.3) is 0 Å². The summed E-state index contributed by atoms with van der Waals surface area (Å²) in [6.45, 7) is 5.32. The van der Waals surface area contributed by atoms with E-state index >= 15 is 0 Å². The van der Waals surface area contributed by atoms with Gasteiger partial charge in [-0.25, -0.2) is 0 Å². The van der Waals surface area contributed by atoms with Crippen LogP contribution in [-0.2, 0) is 6.54 Å². The van der Waals surface area contributed by atoms with Crippen LogP contribution >= 0.6 is 0 Å². The van der Waals surface area contributed by atoms with E-state index in [1.54, 1.807) is 0 Å². The van der Waals surface area contributed by atoms with Crippen LogP contribution in [0.4, 0.5) is 0 Å². The minimum absolute atomic E-state index is 0.357. The maximum atomic E-state index is 5.96. The first kappa shape index (κ1) is 10.6. The summed E-state index contributed by atoms with van der Waals surface area (Å²) in [6.07, 6.45) is 6.21. The van der Waals surface area contributed by atoms with Crippen molar-refractivity contribution in [2.45, 2.75) is 32.4 Å². The molecule has 1 aromatic rings. The highest BCUT2D eigenvalue weighted by atomic mass is 15.1. The van der Waals surface area contributed by atoms with Crippen molar-refractivity contribution in [1.29, 1.82) is 0 Å². The monoisotopic (exact) mass is 205 g/mol. The van der Waals surface area contributed by atoms with E-state index < -0.39 is 0 Å². The van der Waals surface area contributed by atoms with Crippen molar-refractivity contribution in [3.8, 4) is 0 Å². The van der Waals surface area contributed by atoms with E-state index in [-0.39, 0.29) is 0 Å². The first-order valence-electron chi connectivity index (χ1n) is 5.63. The van der Waals surface area contributed by atoms with Crippen molar-refractivity contribution in [1.82, 2.24) is 9.88 Å². The molecule has 1 atom stereocenters. The number of hydrogen-bond acceptors (Lipinski definition) is 3. The molecule has 15 heavy (non-hydrogen) atoms. The van der Waals surface area contributed by atoms with Crippen molar-refractivity contribution in [2.24, 2.45) is 5.73 Å². The molecule has 1 unspecified atom stereocenters. The molecule has 0 aromatic carbocycles. The molecular weight excluding hydrogens is 186 g/mol. The van der Waals surface area contributed by atoms with Crippen LogP contribution in [0.1, 0.15) is 24.0 Å². The number of nitrogens with zero attached hydrogens (tertiary/aromatic N) is 2. The Kier molecular flexibility index (Phi) is 3.34. The molecule has 0 amide bonds. The Hall–Kier alpha value is -0.930. The van der Waals surface area contributed by atoms with Gasteiger partial charge >= 0.3 is 0 Å². The van der Waals surface area contributed by atoms with Gasteiger partial charge in [-0.3, -0.25) is 9.88 Å². The SMILES string of the molecule is Cc1ccncc1CN1CCCC(N)C1. The Balaban J connectivity index is 1.99. The summed E-state index contributed by atoms with van der Waals surface area (Å²) in [5, 5.41) is 0. The molecule has 0 saturated carbocycles. The number of likely N-dealkylation sites (tertiary alicyclic amines) is 1. The van der Waals surface area contributed by atoms with Crippen LogP contribution in [-0.4, -0.2) is 29.0 Å². The fourth-order valence-electron chi connectivity index (χ4n) is 2.14. The lowest BCUT2D eigenvalue weighted by molar-refractivity contribution is 0.201. The zero-order valence-electron chi connectivity index (χ0n) is 9.32. The maximum Gasteiger partial charge on any atom is 0.0315 e. The van der Waals surface area contributed by atoms with Gasteiger partial charge in [-0.1, -0.05) is 0 Å². The Morgan fingerprint density at radius 2 is 2.47 bits per heavy atom. The zero-order valence-corrected chi connectivity index (χ0v) is 9.32. The van der Waals surface area contributed by atoms with E-state index in [0.29, 0.717) is 6.04 Å². The number of aryl methyl sites for hydroxylation is 1. The minimum atomic E-state index is 0.357. The van der Waals surface area contributed by atoms with E-state index in [1.165, 1.54) is 30.5 Å². The first-order valence-corrected chi connectivity index (χ1v) is 5.63. The molecule has 3 nitrogen and oxygen atoms in total. The molecule has 2 heterocycles. The Morgan fingerprint density at radius 3 is 3.20 bits per heavy atom. The second kappa shape index (κ2) is 4.73. The molecule has 2 rings (SSSR count). The summed E-state index contributed by atoms with van der Waals surface area (Å²) in [5.41, 5.74) is 8.61. The van der Waals surface area contributed by atoms with Crippen LogP contribution in [0.5, 0.6) is 0 Å². The predicted octanol–water partition coefficient (Wildman–Crippen LogP) is 1.31. The lowest BCUT2D eigenvalue weighted by atomic mass is 10.1. The van der Waals surface area contributed by atoms with Crippen LogP contribution in [0, 0.1) is 6.92 Å². The molecule has 2 N–H and O–H groups in total. The van der Waals surface area contributed by atoms with E-state index in [9.17, 15) is 0 Å². The number of nitrogens with two attached hydrogens (primary N) is 1. The molecule has 1 saturated heterocycles. The predicted molar refractivity (Wildman–Crippen MR) is 61.5 cm³/mol. The second-order valence-electron chi connectivity index (χ2n) is 4.44. The van der Waals surface area contributed by atoms with Crippen LogP contribution in [0.3, 0.4) is 0 Å². The molecule has 1 aromatic heterocycles. The first-order chi connectivity index (χ1) is 7.25. The molecule has 1 aliphatic heterocycles. The van der Waals surface area contributed by atoms with Crippen molar-refractivity contribution in [3.05, 3.63) is 29.6 Å². The highest BCUT2D eigenvalue weighted by Gasteiger charge is 2.16. The number of aromatic nitrogens is 1. The summed E-state index contributed by atoms with van der Waals surface area (Å²) >= 11 is 0. The highest BCUT2D eigenvalue weighted by molar-refractivity contribution is 5.21. The van der Waals surface area contributed by atoms with Crippen molar-refractivity contribution >= 4 is 0 Å². The van der Waals surface area contributed by atoms with E-state index in [0.717, 1.165) is 13.1 Å². The Morgan fingerprint density at radius 1 is 1.60 bits per heavy atom. The zero-order chi connectivity index (χ0) is 10.7. The Labute approximate surface area is 91.3 Å². The number of rotatable bonds is 2. The standard InChI is InChI=1S/C12H19N3/c1-10-4-5-14-7-11(10)8-15-6-2-3-12(13)9-15/h4-5,7,12H,2-3,6,8-9,13H2,1H3. The average Bonchev–Trinajstić information content (AvgIpc) is 2.22. The van der Waals surface area contributed by atoms with Crippen molar-refractivity contribution < 1.29 is 0 Å². The Bertz CT molecular complexity index is 324. The highest BCUT2D eigenvalue weighted by Crippen LogP contribution is 2.14. The normalized spacial score (nSPS) is 22.9. The molecule has 1 fully saturated rings. The third-order valence-corrected chi connectivity index (χ3v) is 3.08. The largest absolute Gasteiger partial charge is 0.327 e. The van der Waals surface area contributed by atoms with E-state index in [1.807, 2.05) is 12.4 Å². The molecular formula is C12H19N3. The number of pyridine rings is 1. The van der Waals surface area contributed by atoms with Gasteiger partial charge in [0, 0.05) is 31.5 Å². The van der Waals surface area contributed by atoms with E-state index in [2.05, 4.69) is 22.9 Å². The average molecular weight is 205 g/mol. The molecule has 82 valence electrons. The molecule has 0 spiro atoms. The van der Waals surface area contributed by atoms with Crippen molar-refractivity contribution in [3.63, 3.8) is 0 Å². The van der Waals surface area contributed by atoms with Gasteiger partial charge in [-0.15, -0.1) is 0 Å². The minimum Gasteiger partial charge on any atom is -0.327 e. The van der Waals surface area contributed by atoms with Crippen LogP contribution < -0.4 is 5.73 Å². The topological polar surface area (TPSA) is 42.2 Å². The number of piperidine rings is 1. The number of hydrogen-bond donors (Lipinski definition) is 1. The summed E-state index contributed by atoms with van der Waals surface area (Å²) in [4.78, 5) is 6.60. The summed E-state index contributed by atoms with van der Waals surface area (Å²) in [5.74, 6) is 0. The summed E-state index contributed by atoms with van der Waals surface area (Å²) in [7, 11) is 0. The van der Waals surface area contributed by atoms with Crippen LogP contribution in [0.2, 0.25) is 0 Å². The van der Waals surface area contributed by atoms with Crippen LogP contribution in [0.25, 0.3) is 0 Å². The molecule has 1 aliphatic rings. The third kappa shape index (κ3) is 2.76. The van der Waals surface area contributed by atoms with Gasteiger partial charge in [0.15, 0.2) is 0 Å². The lowest BCUT2D eigenvalue weighted by Gasteiger charge is -2.30. The smallest absolute Gasteiger partial charge is 0.0315 e. The molecule has 0 radical (unpaired) electrons. The summed E-state index contributed by atoms with van der Waals surface area (Å²) < 4.78 is 0. The summed E-state index contributed by atoms with van der Waals surface area (Å²) in [6, 6.07) is 2.43. The lowest BCUT2D eigenvalue weighted by Crippen LogP contribution is -2.42. The maximum absolute atomic E-state index is 5.96. The molecule has 0 aliphatic carbocycles. The fourth-order valence-corrected chi connectivity index (χ4v) is 2.14. The van der Waals surface area contributed by atoms with Gasteiger partial charge in [0.1, 0.15) is 0 Å². The third-order valence-electron chi connectivity index (χ3n) is 3.08. The fraction of sp³-hybridized carbons (Fsp3) is 0.583. The van der Waals surface area contributed by atoms with Gasteiger partial charge < -0.3 is 5.73 Å². The van der Waals surface area contributed by atoms with Gasteiger partial charge in [0.05, 0.1) is 0 Å².